The molecule has 2 aromatic carbocycles. The molecule has 0 atom stereocenters. The van der Waals surface area contributed by atoms with Crippen molar-refractivity contribution in [3.8, 4) is 34.5 Å². The van der Waals surface area contributed by atoms with E-state index in [0.717, 1.165) is 0 Å². The summed E-state index contributed by atoms with van der Waals surface area (Å²) < 4.78 is 31.8. The van der Waals surface area contributed by atoms with Gasteiger partial charge >= 0.3 is 0 Å². The first kappa shape index (κ1) is 16.8. The van der Waals surface area contributed by atoms with Gasteiger partial charge in [-0.25, -0.2) is 5.43 Å². The van der Waals surface area contributed by atoms with E-state index in [1.807, 2.05) is 0 Å². The van der Waals surface area contributed by atoms with Crippen LogP contribution in [0.5, 0.6) is 34.5 Å². The van der Waals surface area contributed by atoms with E-state index >= 15 is 0 Å². The van der Waals surface area contributed by atoms with E-state index in [0.29, 0.717) is 45.6 Å². The lowest BCUT2D eigenvalue weighted by atomic mass is 10.1. The summed E-state index contributed by atoms with van der Waals surface area (Å²) in [5.74, 6) is 2.55. The summed E-state index contributed by atoms with van der Waals surface area (Å²) in [5, 5.41) is 3.98. The second-order valence-electron chi connectivity index (χ2n) is 5.57. The molecular formula is C18H16N2O7. The number of carbonyl (C=O) groups excluding carboxylic acids is 1. The first-order chi connectivity index (χ1) is 13.2. The summed E-state index contributed by atoms with van der Waals surface area (Å²) in [5.41, 5.74) is 3.47. The van der Waals surface area contributed by atoms with Crippen molar-refractivity contribution >= 4 is 12.1 Å². The molecule has 2 aliphatic rings. The van der Waals surface area contributed by atoms with Crippen molar-refractivity contribution in [2.75, 3.05) is 27.8 Å². The van der Waals surface area contributed by atoms with E-state index in [1.54, 1.807) is 24.3 Å². The number of rotatable bonds is 5. The quantitative estimate of drug-likeness (QED) is 0.633. The van der Waals surface area contributed by atoms with Crippen molar-refractivity contribution in [2.24, 2.45) is 5.10 Å². The highest BCUT2D eigenvalue weighted by Gasteiger charge is 2.22. The molecule has 0 aliphatic carbocycles. The Bertz CT molecular complexity index is 926. The van der Waals surface area contributed by atoms with Crippen LogP contribution in [0.1, 0.15) is 15.9 Å². The minimum absolute atomic E-state index is 0.0842. The Morgan fingerprint density at radius 1 is 0.963 bits per heavy atom. The third-order valence-corrected chi connectivity index (χ3v) is 3.98. The average molecular weight is 372 g/mol. The summed E-state index contributed by atoms with van der Waals surface area (Å²) in [6.07, 6.45) is 1.48. The first-order valence-corrected chi connectivity index (χ1v) is 7.98. The van der Waals surface area contributed by atoms with E-state index in [1.165, 1.54) is 20.4 Å². The first-order valence-electron chi connectivity index (χ1n) is 7.98. The van der Waals surface area contributed by atoms with Crippen molar-refractivity contribution < 1.29 is 33.2 Å². The van der Waals surface area contributed by atoms with Crippen LogP contribution in [0.25, 0.3) is 0 Å². The zero-order chi connectivity index (χ0) is 18.8. The Morgan fingerprint density at radius 2 is 1.59 bits per heavy atom. The topological polar surface area (TPSA) is 96.8 Å². The molecule has 0 spiro atoms. The molecule has 0 fully saturated rings. The van der Waals surface area contributed by atoms with Gasteiger partial charge in [0, 0.05) is 11.1 Å². The third kappa shape index (κ3) is 3.14. The number of hydrogen-bond acceptors (Lipinski definition) is 8. The van der Waals surface area contributed by atoms with Crippen LogP contribution in [0.2, 0.25) is 0 Å². The molecular weight excluding hydrogens is 356 g/mol. The number of nitrogens with zero attached hydrogens (tertiary/aromatic N) is 1. The normalized spacial score (nSPS) is 13.7. The van der Waals surface area contributed by atoms with Gasteiger partial charge in [-0.1, -0.05) is 0 Å². The molecule has 4 rings (SSSR count). The molecule has 2 heterocycles. The van der Waals surface area contributed by atoms with Crippen LogP contribution in [0.4, 0.5) is 0 Å². The number of hydrogen-bond donors (Lipinski definition) is 1. The lowest BCUT2D eigenvalue weighted by molar-refractivity contribution is 0.0954. The highest BCUT2D eigenvalue weighted by Crippen LogP contribution is 2.42. The number of carbonyl (C=O) groups is 1. The number of hydrazone groups is 1. The number of benzene rings is 2. The second-order valence-corrected chi connectivity index (χ2v) is 5.57. The Balaban J connectivity index is 1.50. The molecule has 27 heavy (non-hydrogen) atoms. The smallest absolute Gasteiger partial charge is 0.271 e. The van der Waals surface area contributed by atoms with Crippen LogP contribution in [0.3, 0.4) is 0 Å². The lowest BCUT2D eigenvalue weighted by Crippen LogP contribution is -2.17. The van der Waals surface area contributed by atoms with Gasteiger partial charge in [-0.15, -0.1) is 0 Å². The summed E-state index contributed by atoms with van der Waals surface area (Å²) in [6.45, 7) is 0.218. The van der Waals surface area contributed by atoms with E-state index in [-0.39, 0.29) is 13.6 Å². The predicted molar refractivity (Wildman–Crippen MR) is 93.3 cm³/mol. The monoisotopic (exact) mass is 372 g/mol. The van der Waals surface area contributed by atoms with Gasteiger partial charge in [0.05, 0.1) is 20.4 Å². The van der Waals surface area contributed by atoms with Crippen molar-refractivity contribution in [1.29, 1.82) is 0 Å². The number of amides is 1. The predicted octanol–water partition coefficient (Wildman–Crippen LogP) is 1.93. The number of nitrogens with one attached hydrogen (secondary N) is 1. The molecule has 1 N–H and O–H groups in total. The van der Waals surface area contributed by atoms with Crippen LogP contribution in [0, 0.1) is 0 Å². The largest absolute Gasteiger partial charge is 0.493 e. The molecule has 0 aromatic heterocycles. The summed E-state index contributed by atoms with van der Waals surface area (Å²) in [7, 11) is 3.02. The van der Waals surface area contributed by atoms with Crippen LogP contribution in [0.15, 0.2) is 29.4 Å². The molecule has 2 aliphatic heterocycles. The van der Waals surface area contributed by atoms with E-state index in [9.17, 15) is 4.79 Å². The average Bonchev–Trinajstić information content (AvgIpc) is 3.35. The van der Waals surface area contributed by atoms with Gasteiger partial charge in [-0.05, 0) is 24.3 Å². The fraction of sp³-hybridized carbons (Fsp3) is 0.222. The van der Waals surface area contributed by atoms with Crippen LogP contribution in [-0.4, -0.2) is 39.9 Å². The Kier molecular flexibility index (Phi) is 4.33. The fourth-order valence-corrected chi connectivity index (χ4v) is 2.72. The molecule has 0 saturated heterocycles. The maximum absolute atomic E-state index is 12.4. The molecule has 1 amide bonds. The second kappa shape index (κ2) is 6.94. The number of methoxy groups -OCH3 is 2. The summed E-state index contributed by atoms with van der Waals surface area (Å²) in [4.78, 5) is 12.4. The molecule has 0 unspecified atom stereocenters. The highest BCUT2D eigenvalue weighted by molar-refractivity contribution is 5.96. The minimum atomic E-state index is -0.421. The Morgan fingerprint density at radius 3 is 2.26 bits per heavy atom. The third-order valence-electron chi connectivity index (χ3n) is 3.98. The molecule has 0 saturated carbocycles. The molecule has 2 aromatic rings. The van der Waals surface area contributed by atoms with E-state index in [2.05, 4.69) is 10.5 Å². The molecule has 140 valence electrons. The van der Waals surface area contributed by atoms with Crippen LogP contribution >= 0.6 is 0 Å². The van der Waals surface area contributed by atoms with Gasteiger partial charge in [0.2, 0.25) is 25.1 Å². The molecule has 9 nitrogen and oxygen atoms in total. The van der Waals surface area contributed by atoms with Crippen LogP contribution in [-0.2, 0) is 0 Å². The molecule has 0 bridgehead atoms. The number of fused-ring (bicyclic) bond motifs is 2. The van der Waals surface area contributed by atoms with Crippen molar-refractivity contribution in [2.45, 2.75) is 0 Å². The SMILES string of the molecule is COc1cc(/C=N/NC(=O)c2cc(OC)c3c(c2)OCO3)cc2c1OCO2. The maximum atomic E-state index is 12.4. The fourth-order valence-electron chi connectivity index (χ4n) is 2.72. The van der Waals surface area contributed by atoms with Gasteiger partial charge in [-0.2, -0.15) is 5.10 Å². The van der Waals surface area contributed by atoms with E-state index in [4.69, 9.17) is 28.4 Å². The van der Waals surface area contributed by atoms with E-state index < -0.39 is 5.91 Å². The zero-order valence-corrected chi connectivity index (χ0v) is 14.6. The lowest BCUT2D eigenvalue weighted by Gasteiger charge is -2.07. The van der Waals surface area contributed by atoms with Gasteiger partial charge in [0.25, 0.3) is 5.91 Å². The maximum Gasteiger partial charge on any atom is 0.271 e. The van der Waals surface area contributed by atoms with Crippen molar-refractivity contribution in [1.82, 2.24) is 5.43 Å². The van der Waals surface area contributed by atoms with Gasteiger partial charge in [0.15, 0.2) is 23.0 Å². The summed E-state index contributed by atoms with van der Waals surface area (Å²) >= 11 is 0. The van der Waals surface area contributed by atoms with Gasteiger partial charge in [0.1, 0.15) is 0 Å². The minimum Gasteiger partial charge on any atom is -0.493 e. The van der Waals surface area contributed by atoms with Crippen molar-refractivity contribution in [3.63, 3.8) is 0 Å². The van der Waals surface area contributed by atoms with Gasteiger partial charge < -0.3 is 28.4 Å². The van der Waals surface area contributed by atoms with Crippen LogP contribution < -0.4 is 33.8 Å². The standard InChI is InChI=1S/C18H16N2O7/c1-22-12-3-10(4-14-16(12)26-8-24-14)7-19-20-18(21)11-5-13(23-2)17-15(6-11)25-9-27-17/h3-7H,8-9H2,1-2H3,(H,20,21)/b19-7+. The molecule has 9 heteroatoms. The van der Waals surface area contributed by atoms with Crippen molar-refractivity contribution in [3.05, 3.63) is 35.4 Å². The Labute approximate surface area is 154 Å². The number of ether oxygens (including phenoxy) is 6. The molecule has 0 radical (unpaired) electrons. The summed E-state index contributed by atoms with van der Waals surface area (Å²) in [6, 6.07) is 6.60. The highest BCUT2D eigenvalue weighted by atomic mass is 16.7. The Hall–Kier alpha value is -3.62. The van der Waals surface area contributed by atoms with Gasteiger partial charge in [-0.3, -0.25) is 4.79 Å². The zero-order valence-electron chi connectivity index (χ0n) is 14.6.